The van der Waals surface area contributed by atoms with Crippen molar-refractivity contribution in [2.24, 2.45) is 10.4 Å². The number of ether oxygens (including phenoxy) is 1. The van der Waals surface area contributed by atoms with Crippen LogP contribution in [0.1, 0.15) is 31.2 Å². The van der Waals surface area contributed by atoms with Crippen LogP contribution in [0, 0.1) is 5.41 Å². The predicted octanol–water partition coefficient (Wildman–Crippen LogP) is 3.92. The summed E-state index contributed by atoms with van der Waals surface area (Å²) in [4.78, 5) is 6.84. The molecule has 1 saturated carbocycles. The van der Waals surface area contributed by atoms with Crippen molar-refractivity contribution in [2.45, 2.75) is 32.2 Å². The maximum absolute atomic E-state index is 6.01. The normalized spacial score (nSPS) is 19.3. The number of rotatable bonds is 3. The van der Waals surface area contributed by atoms with Gasteiger partial charge in [0.1, 0.15) is 5.75 Å². The Kier molecular flexibility index (Phi) is 6.42. The standard InChI is InChI=1S/C17H24ClN3O.HI/c1-19-16(21-9-8-17(12-21)6-3-7-17)20-11-13-4-5-14(18)10-15(13)22-2;/h4-5,10H,3,6-9,11-12H2,1-2H3,(H,19,20);1H. The fraction of sp³-hybridized carbons (Fsp3) is 0.588. The maximum atomic E-state index is 6.01. The lowest BCUT2D eigenvalue weighted by molar-refractivity contribution is 0.151. The lowest BCUT2D eigenvalue weighted by Gasteiger charge is -2.38. The predicted molar refractivity (Wildman–Crippen MR) is 106 cm³/mol. The van der Waals surface area contributed by atoms with E-state index in [0.717, 1.165) is 30.4 Å². The Morgan fingerprint density at radius 1 is 1.39 bits per heavy atom. The summed E-state index contributed by atoms with van der Waals surface area (Å²) in [6.45, 7) is 2.94. The van der Waals surface area contributed by atoms with Crippen LogP contribution >= 0.6 is 35.6 Å². The van der Waals surface area contributed by atoms with E-state index < -0.39 is 0 Å². The average molecular weight is 450 g/mol. The molecule has 0 unspecified atom stereocenters. The molecule has 1 spiro atoms. The molecule has 4 nitrogen and oxygen atoms in total. The first-order valence-corrected chi connectivity index (χ1v) is 8.32. The van der Waals surface area contributed by atoms with Crippen LogP contribution in [0.15, 0.2) is 23.2 Å². The van der Waals surface area contributed by atoms with Crippen molar-refractivity contribution in [1.82, 2.24) is 10.2 Å². The first-order chi connectivity index (χ1) is 10.7. The first kappa shape index (κ1) is 18.6. The van der Waals surface area contributed by atoms with E-state index in [1.807, 2.05) is 25.2 Å². The van der Waals surface area contributed by atoms with E-state index in [2.05, 4.69) is 15.2 Å². The monoisotopic (exact) mass is 449 g/mol. The van der Waals surface area contributed by atoms with Gasteiger partial charge in [-0.2, -0.15) is 0 Å². The molecule has 3 rings (SSSR count). The second kappa shape index (κ2) is 7.92. The van der Waals surface area contributed by atoms with Gasteiger partial charge in [-0.25, -0.2) is 0 Å². The summed E-state index contributed by atoms with van der Waals surface area (Å²) in [6.07, 6.45) is 5.46. The zero-order chi connectivity index (χ0) is 15.6. The lowest BCUT2D eigenvalue weighted by Crippen LogP contribution is -2.42. The maximum Gasteiger partial charge on any atom is 0.193 e. The van der Waals surface area contributed by atoms with Gasteiger partial charge in [0.25, 0.3) is 0 Å². The fourth-order valence-corrected chi connectivity index (χ4v) is 3.73. The highest BCUT2D eigenvalue weighted by atomic mass is 127. The third-order valence-corrected chi connectivity index (χ3v) is 5.29. The van der Waals surface area contributed by atoms with Crippen molar-refractivity contribution in [2.75, 3.05) is 27.2 Å². The number of hydrogen-bond donors (Lipinski definition) is 1. The fourth-order valence-electron chi connectivity index (χ4n) is 3.57. The topological polar surface area (TPSA) is 36.9 Å². The molecule has 0 radical (unpaired) electrons. The molecule has 0 amide bonds. The first-order valence-electron chi connectivity index (χ1n) is 7.94. The third-order valence-electron chi connectivity index (χ3n) is 5.05. The van der Waals surface area contributed by atoms with Crippen LogP contribution in [-0.2, 0) is 6.54 Å². The van der Waals surface area contributed by atoms with Crippen molar-refractivity contribution >= 4 is 41.5 Å². The van der Waals surface area contributed by atoms with Gasteiger partial charge >= 0.3 is 0 Å². The van der Waals surface area contributed by atoms with E-state index in [1.54, 1.807) is 7.11 Å². The van der Waals surface area contributed by atoms with E-state index >= 15 is 0 Å². The van der Waals surface area contributed by atoms with Gasteiger partial charge in [0.05, 0.1) is 7.11 Å². The number of benzene rings is 1. The van der Waals surface area contributed by atoms with E-state index in [-0.39, 0.29) is 24.0 Å². The molecule has 128 valence electrons. The third kappa shape index (κ3) is 4.05. The summed E-state index contributed by atoms with van der Waals surface area (Å²) < 4.78 is 5.40. The Morgan fingerprint density at radius 3 is 2.74 bits per heavy atom. The van der Waals surface area contributed by atoms with Crippen LogP contribution < -0.4 is 10.1 Å². The Morgan fingerprint density at radius 2 is 2.17 bits per heavy atom. The smallest absolute Gasteiger partial charge is 0.193 e. The highest BCUT2D eigenvalue weighted by Crippen LogP contribution is 2.47. The zero-order valence-electron chi connectivity index (χ0n) is 13.8. The van der Waals surface area contributed by atoms with Gasteiger partial charge in [0.15, 0.2) is 5.96 Å². The molecule has 1 aliphatic heterocycles. The zero-order valence-corrected chi connectivity index (χ0v) is 16.9. The molecule has 23 heavy (non-hydrogen) atoms. The molecule has 0 aromatic heterocycles. The van der Waals surface area contributed by atoms with Crippen LogP contribution in [0.25, 0.3) is 0 Å². The quantitative estimate of drug-likeness (QED) is 0.432. The molecular formula is C17H25ClIN3O. The Balaban J connectivity index is 0.00000192. The molecule has 2 fully saturated rings. The number of methoxy groups -OCH3 is 1. The number of guanidine groups is 1. The van der Waals surface area contributed by atoms with Crippen molar-refractivity contribution < 1.29 is 4.74 Å². The van der Waals surface area contributed by atoms with Crippen LogP contribution in [0.5, 0.6) is 5.75 Å². The van der Waals surface area contributed by atoms with Crippen molar-refractivity contribution in [3.05, 3.63) is 28.8 Å². The molecule has 2 aliphatic rings. The number of likely N-dealkylation sites (tertiary alicyclic amines) is 1. The SMILES string of the molecule is CN=C(NCc1ccc(Cl)cc1OC)N1CCC2(CCC2)C1.I. The molecule has 1 heterocycles. The lowest BCUT2D eigenvalue weighted by atomic mass is 9.68. The van der Waals surface area contributed by atoms with E-state index in [1.165, 1.54) is 25.7 Å². The Bertz CT molecular complexity index is 575. The van der Waals surface area contributed by atoms with Gasteiger partial charge in [-0.15, -0.1) is 24.0 Å². The highest BCUT2D eigenvalue weighted by molar-refractivity contribution is 14.0. The van der Waals surface area contributed by atoms with Crippen LogP contribution in [-0.4, -0.2) is 38.1 Å². The van der Waals surface area contributed by atoms with Crippen LogP contribution in [0.2, 0.25) is 5.02 Å². The van der Waals surface area contributed by atoms with Crippen molar-refractivity contribution in [3.8, 4) is 5.75 Å². The molecule has 6 heteroatoms. The molecule has 1 aliphatic carbocycles. The van der Waals surface area contributed by atoms with Gasteiger partial charge in [-0.1, -0.05) is 24.1 Å². The summed E-state index contributed by atoms with van der Waals surface area (Å²) in [5.74, 6) is 1.80. The van der Waals surface area contributed by atoms with Gasteiger partial charge in [-0.3, -0.25) is 4.99 Å². The summed E-state index contributed by atoms with van der Waals surface area (Å²) in [5, 5.41) is 4.15. The number of aliphatic imine (C=N–C) groups is 1. The van der Waals surface area contributed by atoms with Crippen molar-refractivity contribution in [3.63, 3.8) is 0 Å². The van der Waals surface area contributed by atoms with E-state index in [4.69, 9.17) is 16.3 Å². The second-order valence-electron chi connectivity index (χ2n) is 6.38. The van der Waals surface area contributed by atoms with Gasteiger partial charge in [0.2, 0.25) is 0 Å². The largest absolute Gasteiger partial charge is 0.496 e. The number of halogens is 2. The molecule has 1 aromatic rings. The second-order valence-corrected chi connectivity index (χ2v) is 6.82. The van der Waals surface area contributed by atoms with Crippen LogP contribution in [0.4, 0.5) is 0 Å². The summed E-state index contributed by atoms with van der Waals surface area (Å²) >= 11 is 6.01. The summed E-state index contributed by atoms with van der Waals surface area (Å²) in [6, 6.07) is 5.74. The number of nitrogens with zero attached hydrogens (tertiary/aromatic N) is 2. The van der Waals surface area contributed by atoms with Crippen LogP contribution in [0.3, 0.4) is 0 Å². The van der Waals surface area contributed by atoms with E-state index in [9.17, 15) is 0 Å². The van der Waals surface area contributed by atoms with Gasteiger partial charge in [-0.05, 0) is 36.8 Å². The van der Waals surface area contributed by atoms with Gasteiger partial charge < -0.3 is 15.0 Å². The number of nitrogens with one attached hydrogen (secondary N) is 1. The minimum absolute atomic E-state index is 0. The molecule has 1 aromatic carbocycles. The minimum Gasteiger partial charge on any atom is -0.496 e. The van der Waals surface area contributed by atoms with Gasteiger partial charge in [0, 0.05) is 37.3 Å². The Labute approximate surface area is 160 Å². The highest BCUT2D eigenvalue weighted by Gasteiger charge is 2.43. The average Bonchev–Trinajstić information content (AvgIpc) is 2.94. The minimum atomic E-state index is 0. The molecule has 1 saturated heterocycles. The van der Waals surface area contributed by atoms with Crippen molar-refractivity contribution in [1.29, 1.82) is 0 Å². The summed E-state index contributed by atoms with van der Waals surface area (Å²) in [5.41, 5.74) is 1.67. The summed E-state index contributed by atoms with van der Waals surface area (Å²) in [7, 11) is 3.53. The van der Waals surface area contributed by atoms with E-state index in [0.29, 0.717) is 17.0 Å². The molecular weight excluding hydrogens is 425 g/mol. The number of hydrogen-bond acceptors (Lipinski definition) is 2. The molecule has 0 atom stereocenters. The molecule has 0 bridgehead atoms. The Hall–Kier alpha value is -0.690. The molecule has 1 N–H and O–H groups in total.